The zero-order valence-corrected chi connectivity index (χ0v) is 5.30. The van der Waals surface area contributed by atoms with Gasteiger partial charge in [-0.15, -0.1) is 0 Å². The number of hydrogen-bond acceptors (Lipinski definition) is 0. The van der Waals surface area contributed by atoms with Crippen LogP contribution in [0.3, 0.4) is 0 Å². The normalized spacial score (nSPS) is 11.5. The van der Waals surface area contributed by atoms with Crippen LogP contribution in [0, 0.1) is 0 Å². The zero-order valence-electron chi connectivity index (χ0n) is 4.55. The van der Waals surface area contributed by atoms with Crippen molar-refractivity contribution in [2.45, 2.75) is 19.3 Å². The van der Waals surface area contributed by atoms with Gasteiger partial charge in [-0.05, 0) is 0 Å². The third-order valence-corrected chi connectivity index (χ3v) is 1.12. The third-order valence-electron chi connectivity index (χ3n) is 0.841. The van der Waals surface area contributed by atoms with Crippen molar-refractivity contribution in [1.82, 2.24) is 0 Å². The molecular weight excluding hydrogens is 134 g/mol. The van der Waals surface area contributed by atoms with Crippen molar-refractivity contribution in [3.05, 3.63) is 11.6 Å². The van der Waals surface area contributed by atoms with Gasteiger partial charge in [0.15, 0.2) is 0 Å². The minimum Gasteiger partial charge on any atom is -0.200 e. The second-order valence-electron chi connectivity index (χ2n) is 1.46. The first-order valence-electron chi connectivity index (χ1n) is 2.23. The van der Waals surface area contributed by atoms with E-state index >= 15 is 0 Å². The fourth-order valence-electron chi connectivity index (χ4n) is 0.192. The molecule has 0 heterocycles. The highest BCUT2D eigenvalue weighted by Gasteiger charge is 2.28. The molecule has 0 fully saturated rings. The van der Waals surface area contributed by atoms with Gasteiger partial charge in [-0.25, -0.2) is 8.78 Å². The van der Waals surface area contributed by atoms with Crippen LogP contribution in [-0.2, 0) is 0 Å². The predicted octanol–water partition coefficient (Wildman–Crippen LogP) is 2.78. The lowest BCUT2D eigenvalue weighted by Crippen LogP contribution is -2.12. The van der Waals surface area contributed by atoms with E-state index in [0.717, 1.165) is 0 Å². The molecule has 0 nitrogen and oxygen atoms in total. The van der Waals surface area contributed by atoms with Crippen molar-refractivity contribution in [3.8, 4) is 0 Å². The fourth-order valence-corrected chi connectivity index (χ4v) is 0.325. The molecule has 0 aromatic rings. The Labute approximate surface area is 52.1 Å². The smallest absolute Gasteiger partial charge is 0.200 e. The van der Waals surface area contributed by atoms with Crippen molar-refractivity contribution in [1.29, 1.82) is 0 Å². The number of hydrogen-bond donors (Lipinski definition) is 0. The molecule has 0 aliphatic rings. The summed E-state index contributed by atoms with van der Waals surface area (Å²) in [5.41, 5.74) is 0. The van der Waals surface area contributed by atoms with Gasteiger partial charge >= 0.3 is 0 Å². The van der Waals surface area contributed by atoms with Gasteiger partial charge in [0.05, 0.1) is 5.03 Å². The highest BCUT2D eigenvalue weighted by molar-refractivity contribution is 6.30. The van der Waals surface area contributed by atoms with E-state index in [2.05, 4.69) is 6.58 Å². The maximum atomic E-state index is 12.0. The fraction of sp³-hybridized carbons (Fsp3) is 0.600. The summed E-state index contributed by atoms with van der Waals surface area (Å²) in [6.45, 7) is 4.27. The second-order valence-corrected chi connectivity index (χ2v) is 1.92. The summed E-state index contributed by atoms with van der Waals surface area (Å²) in [5, 5.41) is -0.583. The summed E-state index contributed by atoms with van der Waals surface area (Å²) in [6.07, 6.45) is -0.282. The first-order chi connectivity index (χ1) is 3.50. The molecule has 0 saturated carbocycles. The van der Waals surface area contributed by atoms with Crippen LogP contribution in [0.2, 0.25) is 0 Å². The molecule has 0 aliphatic carbocycles. The third kappa shape index (κ3) is 1.78. The lowest BCUT2D eigenvalue weighted by molar-refractivity contribution is 0.0463. The monoisotopic (exact) mass is 140 g/mol. The molecule has 0 atom stereocenters. The molecule has 0 unspecified atom stereocenters. The topological polar surface area (TPSA) is 0 Å². The Morgan fingerprint density at radius 2 is 2.12 bits per heavy atom. The highest BCUT2D eigenvalue weighted by atomic mass is 35.5. The lowest BCUT2D eigenvalue weighted by Gasteiger charge is -2.09. The molecule has 0 N–H and O–H groups in total. The number of allylic oxidation sites excluding steroid dienone is 1. The first-order valence-corrected chi connectivity index (χ1v) is 2.61. The van der Waals surface area contributed by atoms with Crippen LogP contribution in [0.4, 0.5) is 8.78 Å². The van der Waals surface area contributed by atoms with E-state index in [1.165, 1.54) is 6.92 Å². The summed E-state index contributed by atoms with van der Waals surface area (Å²) in [5.74, 6) is -2.89. The highest BCUT2D eigenvalue weighted by Crippen LogP contribution is 2.28. The van der Waals surface area contributed by atoms with Crippen LogP contribution in [0.15, 0.2) is 11.6 Å². The molecule has 0 aliphatic heterocycles. The van der Waals surface area contributed by atoms with Gasteiger partial charge in [0.2, 0.25) is 0 Å². The SMILES string of the molecule is C=C(Cl)C(F)(F)CC. The number of alkyl halides is 2. The maximum Gasteiger partial charge on any atom is 0.282 e. The quantitative estimate of drug-likeness (QED) is 0.553. The molecular formula is C5H7ClF2. The Balaban J connectivity index is 3.91. The average molecular weight is 141 g/mol. The Morgan fingerprint density at radius 3 is 2.12 bits per heavy atom. The molecule has 0 saturated heterocycles. The van der Waals surface area contributed by atoms with Crippen molar-refractivity contribution >= 4 is 11.6 Å². The predicted molar refractivity (Wildman–Crippen MR) is 30.2 cm³/mol. The minimum atomic E-state index is -2.89. The molecule has 0 radical (unpaired) electrons. The summed E-state index contributed by atoms with van der Waals surface area (Å²) in [6, 6.07) is 0. The van der Waals surface area contributed by atoms with Crippen LogP contribution in [-0.4, -0.2) is 5.92 Å². The molecule has 0 spiro atoms. The van der Waals surface area contributed by atoms with Gasteiger partial charge in [0.25, 0.3) is 5.92 Å². The van der Waals surface area contributed by atoms with Gasteiger partial charge in [0.1, 0.15) is 0 Å². The molecule has 3 heteroatoms. The number of halogens is 3. The molecule has 0 amide bonds. The van der Waals surface area contributed by atoms with E-state index in [-0.39, 0.29) is 6.42 Å². The van der Waals surface area contributed by atoms with Crippen LogP contribution < -0.4 is 0 Å². The largest absolute Gasteiger partial charge is 0.282 e. The second kappa shape index (κ2) is 2.44. The van der Waals surface area contributed by atoms with E-state index in [9.17, 15) is 8.78 Å². The maximum absolute atomic E-state index is 12.0. The molecule has 8 heavy (non-hydrogen) atoms. The average Bonchev–Trinajstić information content (AvgIpc) is 1.67. The van der Waals surface area contributed by atoms with E-state index < -0.39 is 11.0 Å². The molecule has 0 bridgehead atoms. The lowest BCUT2D eigenvalue weighted by atomic mass is 10.3. The van der Waals surface area contributed by atoms with Crippen LogP contribution in [0.25, 0.3) is 0 Å². The van der Waals surface area contributed by atoms with Gasteiger partial charge in [-0.1, -0.05) is 25.1 Å². The first kappa shape index (κ1) is 7.89. The van der Waals surface area contributed by atoms with Crippen LogP contribution >= 0.6 is 11.6 Å². The van der Waals surface area contributed by atoms with E-state index in [4.69, 9.17) is 11.6 Å². The Morgan fingerprint density at radius 1 is 1.75 bits per heavy atom. The Bertz CT molecular complexity index is 98.6. The Hall–Kier alpha value is -0.110. The van der Waals surface area contributed by atoms with Crippen molar-refractivity contribution in [2.24, 2.45) is 0 Å². The summed E-state index contributed by atoms with van der Waals surface area (Å²) < 4.78 is 24.1. The van der Waals surface area contributed by atoms with Gasteiger partial charge in [0, 0.05) is 6.42 Å². The van der Waals surface area contributed by atoms with Crippen LogP contribution in [0.1, 0.15) is 13.3 Å². The van der Waals surface area contributed by atoms with E-state index in [0.29, 0.717) is 0 Å². The summed E-state index contributed by atoms with van der Waals surface area (Å²) >= 11 is 4.93. The molecule has 48 valence electrons. The summed E-state index contributed by atoms with van der Waals surface area (Å²) in [7, 11) is 0. The van der Waals surface area contributed by atoms with Crippen LogP contribution in [0.5, 0.6) is 0 Å². The standard InChI is InChI=1S/C5H7ClF2/c1-3-5(7,8)4(2)6/h2-3H2,1H3. The molecule has 0 aromatic carbocycles. The van der Waals surface area contributed by atoms with E-state index in [1.807, 2.05) is 0 Å². The number of rotatable bonds is 2. The van der Waals surface area contributed by atoms with Crippen molar-refractivity contribution in [2.75, 3.05) is 0 Å². The van der Waals surface area contributed by atoms with Gasteiger partial charge in [-0.3, -0.25) is 0 Å². The van der Waals surface area contributed by atoms with Crippen molar-refractivity contribution in [3.63, 3.8) is 0 Å². The zero-order chi connectivity index (χ0) is 6.78. The summed E-state index contributed by atoms with van der Waals surface area (Å²) in [4.78, 5) is 0. The minimum absolute atomic E-state index is 0.282. The molecule has 0 rings (SSSR count). The van der Waals surface area contributed by atoms with Gasteiger partial charge < -0.3 is 0 Å². The van der Waals surface area contributed by atoms with E-state index in [1.54, 1.807) is 0 Å². The van der Waals surface area contributed by atoms with Gasteiger partial charge in [-0.2, -0.15) is 0 Å². The van der Waals surface area contributed by atoms with Crippen molar-refractivity contribution < 1.29 is 8.78 Å². The Kier molecular flexibility index (Phi) is 2.41. The molecule has 0 aromatic heterocycles.